The lowest BCUT2D eigenvalue weighted by Gasteiger charge is -2.23. The summed E-state index contributed by atoms with van der Waals surface area (Å²) < 4.78 is 21.6. The van der Waals surface area contributed by atoms with Crippen LogP contribution in [0.4, 0.5) is 9.59 Å². The number of nitrogens with one attached hydrogen (secondary N) is 2. The molecule has 10 nitrogen and oxygen atoms in total. The summed E-state index contributed by atoms with van der Waals surface area (Å²) in [4.78, 5) is 51.2. The minimum Gasteiger partial charge on any atom is -0.459 e. The summed E-state index contributed by atoms with van der Waals surface area (Å²) >= 11 is 0. The Morgan fingerprint density at radius 3 is 1.32 bits per heavy atom. The number of hydrogen-bond donors (Lipinski definition) is 2. The molecule has 234 valence electrons. The Labute approximate surface area is 258 Å². The zero-order valence-electron chi connectivity index (χ0n) is 25.3. The van der Waals surface area contributed by atoms with Gasteiger partial charge >= 0.3 is 24.1 Å². The van der Waals surface area contributed by atoms with Crippen molar-refractivity contribution in [3.8, 4) is 0 Å². The van der Waals surface area contributed by atoms with Crippen molar-refractivity contribution < 1.29 is 38.1 Å². The van der Waals surface area contributed by atoms with Crippen LogP contribution in [0.5, 0.6) is 0 Å². The maximum atomic E-state index is 13.1. The van der Waals surface area contributed by atoms with Crippen LogP contribution in [0.3, 0.4) is 0 Å². The lowest BCUT2D eigenvalue weighted by molar-refractivity contribution is -0.147. The molecule has 2 amide bonds. The number of alkyl carbamates (subject to hydrolysis) is 2. The second kappa shape index (κ2) is 17.3. The maximum absolute atomic E-state index is 13.1. The molecule has 3 rings (SSSR count). The topological polar surface area (TPSA) is 129 Å². The van der Waals surface area contributed by atoms with Crippen LogP contribution in [0.1, 0.15) is 56.7 Å². The first-order chi connectivity index (χ1) is 21.1. The lowest BCUT2D eigenvalue weighted by Crippen LogP contribution is -2.45. The van der Waals surface area contributed by atoms with Gasteiger partial charge in [-0.1, -0.05) is 91.0 Å². The Hall–Kier alpha value is -4.86. The Morgan fingerprint density at radius 2 is 0.932 bits per heavy atom. The molecule has 3 aromatic carbocycles. The second-order valence-electron chi connectivity index (χ2n) is 11.1. The molecule has 0 saturated carbocycles. The van der Waals surface area contributed by atoms with Crippen LogP contribution >= 0.6 is 0 Å². The summed E-state index contributed by atoms with van der Waals surface area (Å²) in [5, 5.41) is 5.16. The van der Waals surface area contributed by atoms with Gasteiger partial charge in [0.1, 0.15) is 37.5 Å². The highest BCUT2D eigenvalue weighted by Crippen LogP contribution is 2.13. The predicted molar refractivity (Wildman–Crippen MR) is 163 cm³/mol. The summed E-state index contributed by atoms with van der Waals surface area (Å²) in [6.45, 7) is 5.20. The van der Waals surface area contributed by atoms with Crippen molar-refractivity contribution in [2.75, 3.05) is 0 Å². The Bertz CT molecular complexity index is 1330. The van der Waals surface area contributed by atoms with E-state index in [2.05, 4.69) is 10.6 Å². The fourth-order valence-electron chi connectivity index (χ4n) is 4.04. The molecular weight excluding hydrogens is 564 g/mol. The number of benzene rings is 3. The standard InChI is InChI=1S/C34H40N2O8/c1-34(2,3)44-33(40)36-29(31(38)42-23-26-16-9-5-10-17-26)21-13-20-28(30(37)41-22-25-14-7-4-8-15-25)35-32(39)43-24-27-18-11-6-12-19-27/h4-12,14-19,28-29H,13,20-24H2,1-3H3,(H,35,39)(H,36,40)/t28-,29+/m1/s1. The van der Waals surface area contributed by atoms with Crippen LogP contribution < -0.4 is 10.6 Å². The van der Waals surface area contributed by atoms with Gasteiger partial charge in [-0.3, -0.25) is 0 Å². The van der Waals surface area contributed by atoms with E-state index < -0.39 is 41.8 Å². The van der Waals surface area contributed by atoms with E-state index in [0.717, 1.165) is 16.7 Å². The Kier molecular flexibility index (Phi) is 13.2. The predicted octanol–water partition coefficient (Wildman–Crippen LogP) is 5.83. The summed E-state index contributed by atoms with van der Waals surface area (Å²) in [6, 6.07) is 25.3. The third kappa shape index (κ3) is 13.0. The molecule has 0 fully saturated rings. The van der Waals surface area contributed by atoms with Gasteiger partial charge in [-0.15, -0.1) is 0 Å². The first-order valence-corrected chi connectivity index (χ1v) is 14.5. The zero-order chi connectivity index (χ0) is 31.8. The van der Waals surface area contributed by atoms with Gasteiger partial charge in [0.2, 0.25) is 0 Å². The summed E-state index contributed by atoms with van der Waals surface area (Å²) in [7, 11) is 0. The lowest BCUT2D eigenvalue weighted by atomic mass is 10.1. The minimum absolute atomic E-state index is 0.0194. The molecule has 0 spiro atoms. The van der Waals surface area contributed by atoms with E-state index in [1.807, 2.05) is 91.0 Å². The monoisotopic (exact) mass is 604 g/mol. The fraction of sp³-hybridized carbons (Fsp3) is 0.353. The van der Waals surface area contributed by atoms with Crippen LogP contribution in [0, 0.1) is 0 Å². The van der Waals surface area contributed by atoms with E-state index in [1.54, 1.807) is 20.8 Å². The van der Waals surface area contributed by atoms with Crippen molar-refractivity contribution in [2.24, 2.45) is 0 Å². The van der Waals surface area contributed by atoms with Crippen molar-refractivity contribution in [1.82, 2.24) is 10.6 Å². The summed E-state index contributed by atoms with van der Waals surface area (Å²) in [5.74, 6) is -1.31. The molecule has 0 aliphatic rings. The van der Waals surface area contributed by atoms with Gasteiger partial charge in [0.25, 0.3) is 0 Å². The third-order valence-corrected chi connectivity index (χ3v) is 6.20. The van der Waals surface area contributed by atoms with Crippen molar-refractivity contribution in [3.63, 3.8) is 0 Å². The molecule has 0 aliphatic heterocycles. The fourth-order valence-corrected chi connectivity index (χ4v) is 4.04. The molecule has 3 aromatic rings. The quantitative estimate of drug-likeness (QED) is 0.174. The molecule has 0 aromatic heterocycles. The largest absolute Gasteiger partial charge is 0.459 e. The molecule has 0 unspecified atom stereocenters. The van der Waals surface area contributed by atoms with Crippen LogP contribution in [0.25, 0.3) is 0 Å². The van der Waals surface area contributed by atoms with E-state index in [1.165, 1.54) is 0 Å². The molecule has 0 saturated heterocycles. The van der Waals surface area contributed by atoms with Crippen LogP contribution in [-0.4, -0.2) is 41.8 Å². The van der Waals surface area contributed by atoms with E-state index in [9.17, 15) is 19.2 Å². The molecule has 0 heterocycles. The van der Waals surface area contributed by atoms with E-state index in [-0.39, 0.29) is 39.1 Å². The number of ether oxygens (including phenoxy) is 4. The normalized spacial score (nSPS) is 12.2. The smallest absolute Gasteiger partial charge is 0.408 e. The highest BCUT2D eigenvalue weighted by atomic mass is 16.6. The molecule has 0 radical (unpaired) electrons. The SMILES string of the molecule is CC(C)(C)OC(=O)N[C@@H](CCC[C@@H](NC(=O)OCc1ccccc1)C(=O)OCc1ccccc1)C(=O)OCc1ccccc1. The number of rotatable bonds is 14. The molecule has 44 heavy (non-hydrogen) atoms. The number of hydrogen-bond acceptors (Lipinski definition) is 8. The van der Waals surface area contributed by atoms with Gasteiger partial charge in [-0.05, 0) is 56.7 Å². The zero-order valence-corrected chi connectivity index (χ0v) is 25.3. The third-order valence-electron chi connectivity index (χ3n) is 6.20. The van der Waals surface area contributed by atoms with E-state index in [0.29, 0.717) is 0 Å². The van der Waals surface area contributed by atoms with Gasteiger partial charge < -0.3 is 29.6 Å². The summed E-state index contributed by atoms with van der Waals surface area (Å²) in [6.07, 6.45) is -1.12. The molecular formula is C34H40N2O8. The van der Waals surface area contributed by atoms with Crippen LogP contribution in [0.2, 0.25) is 0 Å². The molecule has 2 N–H and O–H groups in total. The first kappa shape index (κ1) is 33.6. The second-order valence-corrected chi connectivity index (χ2v) is 11.1. The van der Waals surface area contributed by atoms with Crippen molar-refractivity contribution >= 4 is 24.1 Å². The van der Waals surface area contributed by atoms with Crippen LogP contribution in [0.15, 0.2) is 91.0 Å². The van der Waals surface area contributed by atoms with Gasteiger partial charge in [-0.25, -0.2) is 19.2 Å². The number of carbonyl (C=O) groups excluding carboxylic acids is 4. The maximum Gasteiger partial charge on any atom is 0.408 e. The molecule has 0 bridgehead atoms. The van der Waals surface area contributed by atoms with Gasteiger partial charge in [0.05, 0.1) is 0 Å². The average molecular weight is 605 g/mol. The number of esters is 2. The average Bonchev–Trinajstić information content (AvgIpc) is 3.01. The van der Waals surface area contributed by atoms with Crippen molar-refractivity contribution in [2.45, 2.75) is 77.5 Å². The molecule has 2 atom stereocenters. The van der Waals surface area contributed by atoms with Gasteiger partial charge in [0.15, 0.2) is 0 Å². The summed E-state index contributed by atoms with van der Waals surface area (Å²) in [5.41, 5.74) is 1.58. The van der Waals surface area contributed by atoms with E-state index in [4.69, 9.17) is 18.9 Å². The Morgan fingerprint density at radius 1 is 0.568 bits per heavy atom. The highest BCUT2D eigenvalue weighted by molar-refractivity contribution is 5.82. The number of amides is 2. The van der Waals surface area contributed by atoms with Crippen molar-refractivity contribution in [3.05, 3.63) is 108 Å². The first-order valence-electron chi connectivity index (χ1n) is 14.5. The van der Waals surface area contributed by atoms with Gasteiger partial charge in [-0.2, -0.15) is 0 Å². The van der Waals surface area contributed by atoms with Crippen LogP contribution in [-0.2, 0) is 48.4 Å². The Balaban J connectivity index is 1.64. The molecule has 10 heteroatoms. The minimum atomic E-state index is -1.07. The highest BCUT2D eigenvalue weighted by Gasteiger charge is 2.28. The van der Waals surface area contributed by atoms with Gasteiger partial charge in [0, 0.05) is 0 Å². The van der Waals surface area contributed by atoms with E-state index >= 15 is 0 Å². The van der Waals surface area contributed by atoms with Crippen molar-refractivity contribution in [1.29, 1.82) is 0 Å². The molecule has 0 aliphatic carbocycles. The number of carbonyl (C=O) groups is 4.